The lowest BCUT2D eigenvalue weighted by Gasteiger charge is -2.18. The lowest BCUT2D eigenvalue weighted by Crippen LogP contribution is -2.33. The SMILES string of the molecule is Nc1ncc(-c2cnn([C@@H](CC3CC3)c3ccc(-c4c(-[n+]5cnn[nH]5)ccc(Cl)c4F)cn3)c2)s1. The number of rotatable bonds is 7. The third-order valence-corrected chi connectivity index (χ3v) is 7.28. The predicted octanol–water partition coefficient (Wildman–Crippen LogP) is 4.23. The molecule has 0 spiro atoms. The molecule has 1 aromatic carbocycles. The molecule has 1 aliphatic rings. The molecule has 1 aliphatic carbocycles. The Morgan fingerprint density at radius 3 is 2.74 bits per heavy atom. The second-order valence-electron chi connectivity index (χ2n) is 8.49. The van der Waals surface area contributed by atoms with Gasteiger partial charge in [-0.3, -0.25) is 9.67 Å². The van der Waals surface area contributed by atoms with E-state index in [-0.39, 0.29) is 11.1 Å². The highest BCUT2D eigenvalue weighted by molar-refractivity contribution is 7.18. The molecule has 35 heavy (non-hydrogen) atoms. The van der Waals surface area contributed by atoms with Crippen LogP contribution in [0, 0.1) is 11.7 Å². The average Bonchev–Trinajstić information content (AvgIpc) is 3.26. The number of nitrogens with zero attached hydrogens (tertiary/aromatic N) is 7. The van der Waals surface area contributed by atoms with E-state index in [2.05, 4.69) is 25.6 Å². The Kier molecular flexibility index (Phi) is 5.50. The second kappa shape index (κ2) is 8.82. The Morgan fingerprint density at radius 1 is 1.17 bits per heavy atom. The number of halogens is 2. The molecule has 0 aliphatic heterocycles. The molecule has 176 valence electrons. The first-order chi connectivity index (χ1) is 17.1. The number of hydrogen-bond acceptors (Lipinski definition) is 7. The van der Waals surface area contributed by atoms with Crippen LogP contribution in [0.5, 0.6) is 0 Å². The summed E-state index contributed by atoms with van der Waals surface area (Å²) in [6.45, 7) is 0. The van der Waals surface area contributed by atoms with Crippen LogP contribution < -0.4 is 10.4 Å². The first-order valence-electron chi connectivity index (χ1n) is 11.0. The quantitative estimate of drug-likeness (QED) is 0.318. The summed E-state index contributed by atoms with van der Waals surface area (Å²) in [5, 5.41) is 15.4. The molecule has 0 radical (unpaired) electrons. The van der Waals surface area contributed by atoms with E-state index in [9.17, 15) is 0 Å². The summed E-state index contributed by atoms with van der Waals surface area (Å²) in [4.78, 5) is 9.85. The number of thiazole rings is 1. The second-order valence-corrected chi connectivity index (χ2v) is 9.96. The average molecular weight is 509 g/mol. The van der Waals surface area contributed by atoms with Crippen molar-refractivity contribution in [2.24, 2.45) is 5.92 Å². The molecule has 1 saturated carbocycles. The van der Waals surface area contributed by atoms with Gasteiger partial charge in [0.05, 0.1) is 33.4 Å². The van der Waals surface area contributed by atoms with E-state index in [0.29, 0.717) is 27.9 Å². The van der Waals surface area contributed by atoms with Gasteiger partial charge in [0.25, 0.3) is 6.33 Å². The van der Waals surface area contributed by atoms with Crippen molar-refractivity contribution in [3.63, 3.8) is 0 Å². The summed E-state index contributed by atoms with van der Waals surface area (Å²) in [5.74, 6) is 0.116. The summed E-state index contributed by atoms with van der Waals surface area (Å²) in [7, 11) is 0. The minimum absolute atomic E-state index is 0.0280. The Bertz CT molecular complexity index is 1480. The summed E-state index contributed by atoms with van der Waals surface area (Å²) in [5.41, 5.74) is 9.06. The molecule has 1 atom stereocenters. The highest BCUT2D eigenvalue weighted by Gasteiger charge is 2.29. The zero-order chi connectivity index (χ0) is 23.9. The van der Waals surface area contributed by atoms with Crippen LogP contribution in [-0.2, 0) is 0 Å². The Hall–Kier alpha value is -3.70. The normalized spacial score (nSPS) is 14.3. The van der Waals surface area contributed by atoms with Crippen molar-refractivity contribution in [3.05, 3.63) is 71.9 Å². The maximum absolute atomic E-state index is 15.2. The van der Waals surface area contributed by atoms with Crippen LogP contribution in [0.4, 0.5) is 9.52 Å². The maximum atomic E-state index is 15.2. The van der Waals surface area contributed by atoms with Gasteiger partial charge in [-0.25, -0.2) is 9.37 Å². The molecule has 1 fully saturated rings. The van der Waals surface area contributed by atoms with Gasteiger partial charge >= 0.3 is 0 Å². The van der Waals surface area contributed by atoms with Crippen LogP contribution in [-0.4, -0.2) is 35.3 Å². The highest BCUT2D eigenvalue weighted by Crippen LogP contribution is 2.40. The zero-order valence-electron chi connectivity index (χ0n) is 18.3. The summed E-state index contributed by atoms with van der Waals surface area (Å²) < 4.78 is 18.6. The zero-order valence-corrected chi connectivity index (χ0v) is 19.9. The number of pyridine rings is 1. The third kappa shape index (κ3) is 4.28. The summed E-state index contributed by atoms with van der Waals surface area (Å²) in [6.07, 6.45) is 12.1. The van der Waals surface area contributed by atoms with Crippen LogP contribution in [0.3, 0.4) is 0 Å². The smallest absolute Gasteiger partial charge is 0.293 e. The van der Waals surface area contributed by atoms with Gasteiger partial charge in [0.1, 0.15) is 10.8 Å². The Labute approximate surface area is 208 Å². The molecule has 6 rings (SSSR count). The molecule has 9 nitrogen and oxygen atoms in total. The number of tetrazole rings is 1. The largest absolute Gasteiger partial charge is 0.375 e. The van der Waals surface area contributed by atoms with Crippen LogP contribution in [0.1, 0.15) is 31.0 Å². The standard InChI is InChI=1S/C23H19ClFN9S/c24-16-4-6-18(34-12-29-31-32-34)21(22(16)25)14-3-5-17(27-8-14)19(7-13-1-2-13)33-11-15(9-30-33)20-10-28-23(26)35-20/h3-6,8-13,19H,1-2,7H2,(H2,26,28)/p+1/t19-/m0/s1. The minimum atomic E-state index is -0.532. The van der Waals surface area contributed by atoms with Gasteiger partial charge in [-0.1, -0.05) is 47.1 Å². The van der Waals surface area contributed by atoms with E-state index in [4.69, 9.17) is 22.3 Å². The van der Waals surface area contributed by atoms with Crippen molar-refractivity contribution in [1.82, 2.24) is 35.3 Å². The fourth-order valence-corrected chi connectivity index (χ4v) is 4.97. The number of H-pyrrole nitrogens is 1. The molecular formula is C23H20ClFN9S+. The number of aromatic nitrogens is 8. The first kappa shape index (κ1) is 21.8. The first-order valence-corrected chi connectivity index (χ1v) is 12.2. The lowest BCUT2D eigenvalue weighted by molar-refractivity contribution is -0.659. The topological polar surface area (TPSA) is 115 Å². The summed E-state index contributed by atoms with van der Waals surface area (Å²) >= 11 is 7.54. The number of nitrogens with two attached hydrogens (primary N) is 1. The van der Waals surface area contributed by atoms with Gasteiger partial charge < -0.3 is 5.73 Å². The fourth-order valence-electron chi connectivity index (χ4n) is 4.15. The molecule has 4 heterocycles. The van der Waals surface area contributed by atoms with Crippen molar-refractivity contribution in [2.45, 2.75) is 25.3 Å². The number of hydrogen-bond donors (Lipinski definition) is 2. The van der Waals surface area contributed by atoms with Crippen molar-refractivity contribution in [3.8, 4) is 27.3 Å². The summed E-state index contributed by atoms with van der Waals surface area (Å²) in [6, 6.07) is 6.96. The van der Waals surface area contributed by atoms with Gasteiger partial charge in [0, 0.05) is 29.7 Å². The van der Waals surface area contributed by atoms with Crippen molar-refractivity contribution < 1.29 is 9.07 Å². The molecule has 0 bridgehead atoms. The molecular weight excluding hydrogens is 489 g/mol. The van der Waals surface area contributed by atoms with E-state index in [1.165, 1.54) is 41.3 Å². The van der Waals surface area contributed by atoms with Crippen molar-refractivity contribution in [1.29, 1.82) is 0 Å². The Balaban J connectivity index is 1.36. The maximum Gasteiger partial charge on any atom is 0.293 e. The van der Waals surface area contributed by atoms with Crippen molar-refractivity contribution >= 4 is 28.1 Å². The van der Waals surface area contributed by atoms with Crippen molar-refractivity contribution in [2.75, 3.05) is 5.73 Å². The fraction of sp³-hybridized carbons (Fsp3) is 0.217. The number of aromatic amines is 1. The molecule has 12 heteroatoms. The molecule has 0 amide bonds. The van der Waals surface area contributed by atoms with E-state index in [0.717, 1.165) is 22.6 Å². The minimum Gasteiger partial charge on any atom is -0.375 e. The third-order valence-electron chi connectivity index (χ3n) is 6.11. The van der Waals surface area contributed by atoms with Gasteiger partial charge in [0.15, 0.2) is 16.2 Å². The number of nitrogen functional groups attached to an aromatic ring is 1. The van der Waals surface area contributed by atoms with Crippen LogP contribution in [0.25, 0.3) is 27.3 Å². The molecule has 0 unspecified atom stereocenters. The molecule has 0 saturated heterocycles. The Morgan fingerprint density at radius 2 is 2.06 bits per heavy atom. The van der Waals surface area contributed by atoms with E-state index in [1.54, 1.807) is 18.5 Å². The van der Waals surface area contributed by atoms with Gasteiger partial charge in [-0.15, -0.1) is 4.68 Å². The predicted molar refractivity (Wildman–Crippen MR) is 129 cm³/mol. The number of anilines is 1. The van der Waals surface area contributed by atoms with Crippen LogP contribution in [0.15, 0.2) is 55.4 Å². The van der Waals surface area contributed by atoms with Gasteiger partial charge in [-0.05, 0) is 30.5 Å². The molecule has 5 aromatic rings. The van der Waals surface area contributed by atoms with Gasteiger partial charge in [-0.2, -0.15) is 5.10 Å². The van der Waals surface area contributed by atoms with Crippen LogP contribution in [0.2, 0.25) is 5.02 Å². The van der Waals surface area contributed by atoms with E-state index < -0.39 is 5.82 Å². The number of nitrogens with one attached hydrogen (secondary N) is 1. The van der Waals surface area contributed by atoms with Crippen LogP contribution >= 0.6 is 22.9 Å². The number of benzene rings is 1. The molecule has 3 N–H and O–H groups in total. The van der Waals surface area contributed by atoms with Gasteiger partial charge in [0.2, 0.25) is 0 Å². The van der Waals surface area contributed by atoms with E-state index >= 15 is 4.39 Å². The highest BCUT2D eigenvalue weighted by atomic mass is 35.5. The van der Waals surface area contributed by atoms with E-state index in [1.807, 2.05) is 29.2 Å². The molecule has 4 aromatic heterocycles. The lowest BCUT2D eigenvalue weighted by atomic mass is 10.0. The monoisotopic (exact) mass is 508 g/mol.